The number of carbonyl (C=O) groups is 2. The molecule has 0 spiro atoms. The molecular weight excluding hydrogens is 372 g/mol. The second-order valence-corrected chi connectivity index (χ2v) is 7.83. The van der Waals surface area contributed by atoms with Crippen LogP contribution >= 0.6 is 11.3 Å². The maximum absolute atomic E-state index is 12.9. The van der Waals surface area contributed by atoms with Gasteiger partial charge in [-0.25, -0.2) is 0 Å². The van der Waals surface area contributed by atoms with Crippen molar-refractivity contribution in [2.75, 3.05) is 5.32 Å². The standard InChI is InChI=1S/C21H22N4O2S/c1-14(2)13-17-24-25-21(28-17)23-20(27)18(15-9-5-3-6-10-15)22-19(26)16-11-7-4-8-12-16/h3-12,14,18H,13H2,1-2H3,(H,22,26)(H,23,25,27). The zero-order valence-corrected chi connectivity index (χ0v) is 16.6. The predicted molar refractivity (Wildman–Crippen MR) is 110 cm³/mol. The average molecular weight is 395 g/mol. The number of benzene rings is 2. The summed E-state index contributed by atoms with van der Waals surface area (Å²) in [6, 6.07) is 17.1. The molecule has 3 rings (SSSR count). The minimum absolute atomic E-state index is 0.317. The predicted octanol–water partition coefficient (Wildman–Crippen LogP) is 3.85. The Balaban J connectivity index is 1.77. The molecule has 0 aliphatic rings. The van der Waals surface area contributed by atoms with Crippen molar-refractivity contribution < 1.29 is 9.59 Å². The lowest BCUT2D eigenvalue weighted by molar-refractivity contribution is -0.118. The van der Waals surface area contributed by atoms with Gasteiger partial charge in [0.25, 0.3) is 11.8 Å². The zero-order chi connectivity index (χ0) is 19.9. The molecule has 1 heterocycles. The number of nitrogens with one attached hydrogen (secondary N) is 2. The van der Waals surface area contributed by atoms with Crippen molar-refractivity contribution in [1.82, 2.24) is 15.5 Å². The number of amides is 2. The highest BCUT2D eigenvalue weighted by atomic mass is 32.1. The molecule has 0 aliphatic carbocycles. The van der Waals surface area contributed by atoms with Crippen molar-refractivity contribution in [3.05, 3.63) is 76.8 Å². The van der Waals surface area contributed by atoms with Gasteiger partial charge in [-0.2, -0.15) is 0 Å². The van der Waals surface area contributed by atoms with Crippen LogP contribution in [0.4, 0.5) is 5.13 Å². The van der Waals surface area contributed by atoms with Gasteiger partial charge in [0.15, 0.2) is 0 Å². The zero-order valence-electron chi connectivity index (χ0n) is 15.8. The Kier molecular flexibility index (Phi) is 6.49. The van der Waals surface area contributed by atoms with Crippen LogP contribution in [0, 0.1) is 5.92 Å². The Morgan fingerprint density at radius 2 is 1.61 bits per heavy atom. The largest absolute Gasteiger partial charge is 0.336 e. The molecule has 0 fully saturated rings. The van der Waals surface area contributed by atoms with Gasteiger partial charge in [0.05, 0.1) is 0 Å². The number of rotatable bonds is 7. The summed E-state index contributed by atoms with van der Waals surface area (Å²) in [6.45, 7) is 4.20. The first kappa shape index (κ1) is 19.7. The van der Waals surface area contributed by atoms with E-state index in [1.165, 1.54) is 11.3 Å². The number of nitrogens with zero attached hydrogens (tertiary/aromatic N) is 2. The lowest BCUT2D eigenvalue weighted by Gasteiger charge is -2.18. The van der Waals surface area contributed by atoms with Crippen molar-refractivity contribution in [1.29, 1.82) is 0 Å². The van der Waals surface area contributed by atoms with Crippen LogP contribution in [-0.4, -0.2) is 22.0 Å². The summed E-state index contributed by atoms with van der Waals surface area (Å²) >= 11 is 1.35. The van der Waals surface area contributed by atoms with Gasteiger partial charge >= 0.3 is 0 Å². The molecular formula is C21H22N4O2S. The Morgan fingerprint density at radius 1 is 0.964 bits per heavy atom. The molecule has 0 saturated heterocycles. The molecule has 6 nitrogen and oxygen atoms in total. The number of anilines is 1. The third-order valence-electron chi connectivity index (χ3n) is 3.99. The van der Waals surface area contributed by atoms with Gasteiger partial charge in [-0.1, -0.05) is 73.7 Å². The van der Waals surface area contributed by atoms with E-state index in [9.17, 15) is 9.59 Å². The molecule has 1 unspecified atom stereocenters. The number of hydrogen-bond donors (Lipinski definition) is 2. The topological polar surface area (TPSA) is 84.0 Å². The molecule has 2 amide bonds. The van der Waals surface area contributed by atoms with Crippen LogP contribution in [0.15, 0.2) is 60.7 Å². The highest BCUT2D eigenvalue weighted by molar-refractivity contribution is 7.15. The van der Waals surface area contributed by atoms with E-state index in [0.717, 1.165) is 11.4 Å². The number of carbonyl (C=O) groups excluding carboxylic acids is 2. The lowest BCUT2D eigenvalue weighted by atomic mass is 10.1. The van der Waals surface area contributed by atoms with E-state index in [0.29, 0.717) is 22.2 Å². The summed E-state index contributed by atoms with van der Waals surface area (Å²) in [4.78, 5) is 25.5. The first-order chi connectivity index (χ1) is 13.5. The van der Waals surface area contributed by atoms with Crippen molar-refractivity contribution >= 4 is 28.3 Å². The van der Waals surface area contributed by atoms with Gasteiger partial charge in [0.2, 0.25) is 5.13 Å². The van der Waals surface area contributed by atoms with E-state index in [-0.39, 0.29) is 11.8 Å². The maximum Gasteiger partial charge on any atom is 0.253 e. The molecule has 7 heteroatoms. The second-order valence-electron chi connectivity index (χ2n) is 6.77. The van der Waals surface area contributed by atoms with E-state index in [4.69, 9.17) is 0 Å². The SMILES string of the molecule is CC(C)Cc1nnc(NC(=O)C(NC(=O)c2ccccc2)c2ccccc2)s1. The molecule has 1 atom stereocenters. The maximum atomic E-state index is 12.9. The van der Waals surface area contributed by atoms with Gasteiger partial charge in [-0.05, 0) is 23.6 Å². The highest BCUT2D eigenvalue weighted by Gasteiger charge is 2.24. The van der Waals surface area contributed by atoms with Crippen LogP contribution in [0.2, 0.25) is 0 Å². The van der Waals surface area contributed by atoms with Crippen LogP contribution in [0.5, 0.6) is 0 Å². The summed E-state index contributed by atoms with van der Waals surface area (Å²) in [5.41, 5.74) is 1.18. The lowest BCUT2D eigenvalue weighted by Crippen LogP contribution is -2.37. The Hall–Kier alpha value is -3.06. The van der Waals surface area contributed by atoms with E-state index < -0.39 is 6.04 Å². The molecule has 144 valence electrons. The fraction of sp³-hybridized carbons (Fsp3) is 0.238. The minimum atomic E-state index is -0.841. The fourth-order valence-corrected chi connectivity index (χ4v) is 3.62. The highest BCUT2D eigenvalue weighted by Crippen LogP contribution is 2.21. The van der Waals surface area contributed by atoms with Crippen LogP contribution < -0.4 is 10.6 Å². The van der Waals surface area contributed by atoms with E-state index in [1.54, 1.807) is 36.4 Å². The van der Waals surface area contributed by atoms with Gasteiger partial charge in [-0.3, -0.25) is 14.9 Å². The molecule has 2 N–H and O–H groups in total. The molecule has 0 saturated carbocycles. The molecule has 3 aromatic rings. The molecule has 28 heavy (non-hydrogen) atoms. The molecule has 0 aliphatic heterocycles. The van der Waals surface area contributed by atoms with Crippen LogP contribution in [0.3, 0.4) is 0 Å². The Morgan fingerprint density at radius 3 is 2.25 bits per heavy atom. The van der Waals surface area contributed by atoms with E-state index in [2.05, 4.69) is 34.7 Å². The van der Waals surface area contributed by atoms with Crippen LogP contribution in [0.25, 0.3) is 0 Å². The van der Waals surface area contributed by atoms with Crippen molar-refractivity contribution in [2.24, 2.45) is 5.92 Å². The minimum Gasteiger partial charge on any atom is -0.336 e. The van der Waals surface area contributed by atoms with E-state index >= 15 is 0 Å². The van der Waals surface area contributed by atoms with Gasteiger partial charge in [0, 0.05) is 12.0 Å². The van der Waals surface area contributed by atoms with Crippen molar-refractivity contribution in [2.45, 2.75) is 26.3 Å². The smallest absolute Gasteiger partial charge is 0.253 e. The van der Waals surface area contributed by atoms with Crippen LogP contribution in [0.1, 0.15) is 40.8 Å². The van der Waals surface area contributed by atoms with Crippen LogP contribution in [-0.2, 0) is 11.2 Å². The second kappa shape index (κ2) is 9.23. The first-order valence-corrected chi connectivity index (χ1v) is 9.88. The average Bonchev–Trinajstić information content (AvgIpc) is 3.13. The quantitative estimate of drug-likeness (QED) is 0.638. The van der Waals surface area contributed by atoms with Gasteiger partial charge in [0.1, 0.15) is 11.0 Å². The molecule has 2 aromatic carbocycles. The summed E-state index contributed by atoms with van der Waals surface area (Å²) in [5, 5.41) is 15.1. The molecule has 0 radical (unpaired) electrons. The third-order valence-corrected chi connectivity index (χ3v) is 4.85. The normalized spacial score (nSPS) is 11.8. The van der Waals surface area contributed by atoms with E-state index in [1.807, 2.05) is 24.3 Å². The number of hydrogen-bond acceptors (Lipinski definition) is 5. The monoisotopic (exact) mass is 394 g/mol. The summed E-state index contributed by atoms with van der Waals surface area (Å²) in [5.74, 6) is -0.219. The fourth-order valence-electron chi connectivity index (χ4n) is 2.66. The third kappa shape index (κ3) is 5.23. The Bertz CT molecular complexity index is 926. The van der Waals surface area contributed by atoms with Gasteiger partial charge in [-0.15, -0.1) is 10.2 Å². The molecule has 0 bridgehead atoms. The molecule has 1 aromatic heterocycles. The summed E-state index contributed by atoms with van der Waals surface area (Å²) in [7, 11) is 0. The van der Waals surface area contributed by atoms with Gasteiger partial charge < -0.3 is 5.32 Å². The Labute approximate surface area is 168 Å². The van der Waals surface area contributed by atoms with Crippen molar-refractivity contribution in [3.8, 4) is 0 Å². The first-order valence-electron chi connectivity index (χ1n) is 9.07. The summed E-state index contributed by atoms with van der Waals surface area (Å²) < 4.78 is 0. The van der Waals surface area contributed by atoms with Crippen molar-refractivity contribution in [3.63, 3.8) is 0 Å². The summed E-state index contributed by atoms with van der Waals surface area (Å²) in [6.07, 6.45) is 0.806. The number of aromatic nitrogens is 2.